The van der Waals surface area contributed by atoms with Gasteiger partial charge in [0, 0.05) is 19.4 Å². The maximum absolute atomic E-state index is 12.5. The van der Waals surface area contributed by atoms with Gasteiger partial charge in [0.05, 0.1) is 27.7 Å². The van der Waals surface area contributed by atoms with Crippen LogP contribution in [-0.2, 0) is 32.7 Å². The van der Waals surface area contributed by atoms with Crippen LogP contribution in [-0.4, -0.2) is 86.6 Å². The molecule has 0 saturated carbocycles. The molecule has 0 spiro atoms. The minimum Gasteiger partial charge on any atom is -0.462 e. The largest absolute Gasteiger partial charge is 0.472 e. The van der Waals surface area contributed by atoms with E-state index in [9.17, 15) is 19.0 Å². The lowest BCUT2D eigenvalue weighted by atomic mass is 10.0. The van der Waals surface area contributed by atoms with Crippen LogP contribution in [0.5, 0.6) is 0 Å². The minimum absolute atomic E-state index is 0.0263. The van der Waals surface area contributed by atoms with Gasteiger partial charge in [-0.05, 0) is 19.3 Å². The van der Waals surface area contributed by atoms with Gasteiger partial charge in [0.25, 0.3) is 0 Å². The quantitative estimate of drug-likeness (QED) is 0.0290. The zero-order chi connectivity index (χ0) is 35.1. The van der Waals surface area contributed by atoms with E-state index in [1.54, 1.807) is 0 Å². The van der Waals surface area contributed by atoms with Gasteiger partial charge in [-0.25, -0.2) is 4.57 Å². The fourth-order valence-corrected chi connectivity index (χ4v) is 5.91. The number of nitrogens with zero attached hydrogens (tertiary/aromatic N) is 1. The van der Waals surface area contributed by atoms with Crippen molar-refractivity contribution < 1.29 is 47.2 Å². The molecule has 280 valence electrons. The summed E-state index contributed by atoms with van der Waals surface area (Å²) >= 11 is 0. The first-order valence-corrected chi connectivity index (χ1v) is 20.4. The fraction of sp³-hybridized carbons (Fsp3) is 0.944. The average molecular weight is 695 g/mol. The Labute approximate surface area is 287 Å². The van der Waals surface area contributed by atoms with Crippen LogP contribution >= 0.6 is 7.82 Å². The molecule has 0 aliphatic rings. The molecule has 0 aromatic heterocycles. The highest BCUT2D eigenvalue weighted by Gasteiger charge is 2.27. The van der Waals surface area contributed by atoms with E-state index in [4.69, 9.17) is 23.6 Å². The van der Waals surface area contributed by atoms with Crippen molar-refractivity contribution in [3.05, 3.63) is 0 Å². The zero-order valence-electron chi connectivity index (χ0n) is 30.7. The predicted molar refractivity (Wildman–Crippen MR) is 189 cm³/mol. The first-order chi connectivity index (χ1) is 22.5. The molecule has 47 heavy (non-hydrogen) atoms. The molecule has 2 unspecified atom stereocenters. The van der Waals surface area contributed by atoms with Gasteiger partial charge in [-0.2, -0.15) is 0 Å². The molecule has 0 aromatic rings. The SMILES string of the molecule is CCCCCCCCCCCCCCCC(=O)OCC(COP(=O)(O)OCC[N+](C)(C)C)OC(=O)CCCCCCCCCCCO. The highest BCUT2D eigenvalue weighted by molar-refractivity contribution is 7.47. The number of phosphoric ester groups is 1. The topological polar surface area (TPSA) is 129 Å². The van der Waals surface area contributed by atoms with Gasteiger partial charge >= 0.3 is 19.8 Å². The Balaban J connectivity index is 4.40. The van der Waals surface area contributed by atoms with Crippen LogP contribution < -0.4 is 0 Å². The summed E-state index contributed by atoms with van der Waals surface area (Å²) in [6.45, 7) is 2.39. The number of quaternary nitrogens is 1. The predicted octanol–water partition coefficient (Wildman–Crippen LogP) is 8.66. The molecule has 0 aliphatic heterocycles. The maximum Gasteiger partial charge on any atom is 0.472 e. The Morgan fingerprint density at radius 3 is 1.49 bits per heavy atom. The van der Waals surface area contributed by atoms with Gasteiger partial charge in [0.15, 0.2) is 6.10 Å². The highest BCUT2D eigenvalue weighted by Crippen LogP contribution is 2.43. The van der Waals surface area contributed by atoms with Crippen LogP contribution in [0.15, 0.2) is 0 Å². The summed E-state index contributed by atoms with van der Waals surface area (Å²) in [6, 6.07) is 0. The third kappa shape index (κ3) is 34.6. The summed E-state index contributed by atoms with van der Waals surface area (Å²) in [5, 5.41) is 8.84. The van der Waals surface area contributed by atoms with Crippen LogP contribution in [0.2, 0.25) is 0 Å². The molecule has 0 rings (SSSR count). The van der Waals surface area contributed by atoms with E-state index < -0.39 is 26.5 Å². The summed E-state index contributed by atoms with van der Waals surface area (Å²) in [5.74, 6) is -0.828. The van der Waals surface area contributed by atoms with Crippen molar-refractivity contribution in [1.82, 2.24) is 0 Å². The average Bonchev–Trinajstić information content (AvgIpc) is 3.01. The van der Waals surface area contributed by atoms with E-state index in [-0.39, 0.29) is 38.6 Å². The Kier molecular flexibility index (Phi) is 30.3. The lowest BCUT2D eigenvalue weighted by Crippen LogP contribution is -2.37. The first-order valence-electron chi connectivity index (χ1n) is 18.9. The third-order valence-corrected chi connectivity index (χ3v) is 9.18. The smallest absolute Gasteiger partial charge is 0.462 e. The monoisotopic (exact) mass is 695 g/mol. The number of hydrogen-bond donors (Lipinski definition) is 2. The van der Waals surface area contributed by atoms with Crippen molar-refractivity contribution in [2.24, 2.45) is 0 Å². The number of unbranched alkanes of at least 4 members (excludes halogenated alkanes) is 20. The third-order valence-electron chi connectivity index (χ3n) is 8.19. The lowest BCUT2D eigenvalue weighted by Gasteiger charge is -2.24. The van der Waals surface area contributed by atoms with Gasteiger partial charge in [0.1, 0.15) is 19.8 Å². The van der Waals surface area contributed by atoms with Crippen molar-refractivity contribution in [2.75, 3.05) is 54.1 Å². The molecular weight excluding hydrogens is 621 g/mol. The normalized spacial score (nSPS) is 13.7. The van der Waals surface area contributed by atoms with Crippen LogP contribution in [0, 0.1) is 0 Å². The molecule has 2 atom stereocenters. The van der Waals surface area contributed by atoms with Crippen molar-refractivity contribution >= 4 is 19.8 Å². The number of phosphoric acid groups is 1. The fourth-order valence-electron chi connectivity index (χ4n) is 5.17. The zero-order valence-corrected chi connectivity index (χ0v) is 31.6. The van der Waals surface area contributed by atoms with E-state index in [1.165, 1.54) is 64.2 Å². The number of ether oxygens (including phenoxy) is 2. The number of aliphatic hydroxyl groups excluding tert-OH is 1. The second-order valence-electron chi connectivity index (χ2n) is 14.1. The van der Waals surface area contributed by atoms with Crippen molar-refractivity contribution in [3.8, 4) is 0 Å². The lowest BCUT2D eigenvalue weighted by molar-refractivity contribution is -0.870. The number of rotatable bonds is 35. The second kappa shape index (κ2) is 31.0. The van der Waals surface area contributed by atoms with Crippen molar-refractivity contribution in [2.45, 2.75) is 167 Å². The van der Waals surface area contributed by atoms with Gasteiger partial charge in [-0.1, -0.05) is 129 Å². The molecule has 11 heteroatoms. The molecule has 0 bridgehead atoms. The van der Waals surface area contributed by atoms with Crippen LogP contribution in [0.4, 0.5) is 0 Å². The van der Waals surface area contributed by atoms with Crippen LogP contribution in [0.3, 0.4) is 0 Å². The Morgan fingerprint density at radius 2 is 1.04 bits per heavy atom. The number of hydrogen-bond acceptors (Lipinski definition) is 8. The summed E-state index contributed by atoms with van der Waals surface area (Å²) in [5.41, 5.74) is 0. The van der Waals surface area contributed by atoms with E-state index >= 15 is 0 Å². The van der Waals surface area contributed by atoms with Gasteiger partial charge in [-0.15, -0.1) is 0 Å². The van der Waals surface area contributed by atoms with E-state index in [2.05, 4.69) is 6.92 Å². The highest BCUT2D eigenvalue weighted by atomic mass is 31.2. The molecule has 0 saturated heterocycles. The Morgan fingerprint density at radius 1 is 0.617 bits per heavy atom. The summed E-state index contributed by atoms with van der Waals surface area (Å²) in [7, 11) is 1.45. The second-order valence-corrected chi connectivity index (χ2v) is 15.5. The number of carbonyl (C=O) groups is 2. The Bertz CT molecular complexity index is 791. The molecule has 0 aromatic carbocycles. The van der Waals surface area contributed by atoms with Crippen LogP contribution in [0.1, 0.15) is 161 Å². The van der Waals surface area contributed by atoms with Gasteiger partial charge in [0.2, 0.25) is 0 Å². The van der Waals surface area contributed by atoms with E-state index in [1.807, 2.05) is 21.1 Å². The summed E-state index contributed by atoms with van der Waals surface area (Å²) in [4.78, 5) is 35.1. The maximum atomic E-state index is 12.5. The first kappa shape index (κ1) is 46.0. The molecule has 0 amide bonds. The number of esters is 2. The van der Waals surface area contributed by atoms with Gasteiger partial charge < -0.3 is 24.0 Å². The molecular formula is C36H73NO9P+. The minimum atomic E-state index is -4.37. The summed E-state index contributed by atoms with van der Waals surface area (Å²) in [6.07, 6.45) is 24.5. The van der Waals surface area contributed by atoms with Gasteiger partial charge in [-0.3, -0.25) is 18.6 Å². The molecule has 0 aliphatic carbocycles. The molecule has 0 fully saturated rings. The van der Waals surface area contributed by atoms with E-state index in [0.29, 0.717) is 17.4 Å². The van der Waals surface area contributed by atoms with E-state index in [0.717, 1.165) is 70.6 Å². The van der Waals surface area contributed by atoms with Crippen molar-refractivity contribution in [3.63, 3.8) is 0 Å². The Hall–Kier alpha value is -1.03. The molecule has 0 heterocycles. The van der Waals surface area contributed by atoms with Crippen LogP contribution in [0.25, 0.3) is 0 Å². The number of aliphatic hydroxyl groups is 1. The number of likely N-dealkylation sites (N-methyl/N-ethyl adjacent to an activating group) is 1. The number of carbonyl (C=O) groups excluding carboxylic acids is 2. The molecule has 0 radical (unpaired) electrons. The summed E-state index contributed by atoms with van der Waals surface area (Å²) < 4.78 is 34.0. The molecule has 2 N–H and O–H groups in total. The molecule has 10 nitrogen and oxygen atoms in total. The standard InChI is InChI=1S/C36H72NO9P/c1-5-6-7-8-9-10-11-12-13-15-18-21-24-27-35(39)43-32-34(33-45-47(41,42)44-31-29-37(2,3)4)46-36(40)28-25-22-19-16-14-17-20-23-26-30-38/h34,38H,5-33H2,1-4H3/p+1. The van der Waals surface area contributed by atoms with Crippen molar-refractivity contribution in [1.29, 1.82) is 0 Å².